The lowest BCUT2D eigenvalue weighted by Gasteiger charge is -2.16. The fourth-order valence-electron chi connectivity index (χ4n) is 3.39. The van der Waals surface area contributed by atoms with E-state index >= 15 is 0 Å². The second-order valence-corrected chi connectivity index (χ2v) is 6.19. The topological polar surface area (TPSA) is 58.3 Å². The van der Waals surface area contributed by atoms with E-state index in [0.29, 0.717) is 5.82 Å². The third kappa shape index (κ3) is 2.47. The summed E-state index contributed by atoms with van der Waals surface area (Å²) in [6.45, 7) is 3.26. The molecule has 6 heteroatoms. The van der Waals surface area contributed by atoms with E-state index in [2.05, 4.69) is 38.0 Å². The number of aromatic nitrogens is 3. The maximum Gasteiger partial charge on any atom is 0.244 e. The third-order valence-corrected chi connectivity index (χ3v) is 4.68. The highest BCUT2D eigenvalue weighted by Gasteiger charge is 2.28. The molecule has 2 aliphatic heterocycles. The summed E-state index contributed by atoms with van der Waals surface area (Å²) in [5.74, 6) is 2.41. The quantitative estimate of drug-likeness (QED) is 0.868. The van der Waals surface area contributed by atoms with Gasteiger partial charge in [-0.1, -0.05) is 5.16 Å². The number of rotatable bonds is 3. The highest BCUT2D eigenvalue weighted by atomic mass is 16.5. The van der Waals surface area contributed by atoms with Crippen LogP contribution in [-0.4, -0.2) is 46.7 Å². The van der Waals surface area contributed by atoms with Crippen molar-refractivity contribution in [3.8, 4) is 11.4 Å². The monoisotopic (exact) mass is 299 g/mol. The molecule has 0 aromatic carbocycles. The molecule has 0 bridgehead atoms. The average molecular weight is 299 g/mol. The first kappa shape index (κ1) is 13.7. The lowest BCUT2D eigenvalue weighted by molar-refractivity contribution is 0.245. The number of hydrogen-bond donors (Lipinski definition) is 0. The Hall–Kier alpha value is -1.95. The van der Waals surface area contributed by atoms with Crippen LogP contribution in [0.4, 0.5) is 5.82 Å². The van der Waals surface area contributed by atoms with Crippen LogP contribution in [0.15, 0.2) is 22.9 Å². The summed E-state index contributed by atoms with van der Waals surface area (Å²) in [4.78, 5) is 13.7. The molecule has 0 amide bonds. The Labute approximate surface area is 130 Å². The fraction of sp³-hybridized carbons (Fsp3) is 0.562. The lowest BCUT2D eigenvalue weighted by Crippen LogP contribution is -2.18. The number of anilines is 1. The molecule has 2 aliphatic rings. The van der Waals surface area contributed by atoms with Crippen LogP contribution in [0.25, 0.3) is 11.4 Å². The molecule has 116 valence electrons. The highest BCUT2D eigenvalue weighted by molar-refractivity contribution is 5.59. The molecule has 0 spiro atoms. The number of likely N-dealkylation sites (tertiary alicyclic amines) is 1. The predicted molar refractivity (Wildman–Crippen MR) is 83.6 cm³/mol. The van der Waals surface area contributed by atoms with Crippen molar-refractivity contribution in [1.82, 2.24) is 20.0 Å². The second kappa shape index (κ2) is 5.68. The van der Waals surface area contributed by atoms with Gasteiger partial charge in [0.05, 0.1) is 6.04 Å². The van der Waals surface area contributed by atoms with Gasteiger partial charge in [0.15, 0.2) is 0 Å². The molecule has 4 rings (SSSR count). The Morgan fingerprint density at radius 1 is 1.18 bits per heavy atom. The number of nitrogens with zero attached hydrogens (tertiary/aromatic N) is 5. The summed E-state index contributed by atoms with van der Waals surface area (Å²) in [6.07, 6.45) is 6.60. The predicted octanol–water partition coefficient (Wildman–Crippen LogP) is 2.50. The Kier molecular flexibility index (Phi) is 3.54. The Morgan fingerprint density at radius 3 is 2.82 bits per heavy atom. The van der Waals surface area contributed by atoms with Crippen molar-refractivity contribution < 1.29 is 4.52 Å². The van der Waals surface area contributed by atoms with Gasteiger partial charge in [-0.3, -0.25) is 4.90 Å². The largest absolute Gasteiger partial charge is 0.357 e. The fourth-order valence-corrected chi connectivity index (χ4v) is 3.39. The van der Waals surface area contributed by atoms with Gasteiger partial charge in [0.25, 0.3) is 0 Å². The van der Waals surface area contributed by atoms with Gasteiger partial charge >= 0.3 is 0 Å². The van der Waals surface area contributed by atoms with E-state index in [4.69, 9.17) is 4.52 Å². The summed E-state index contributed by atoms with van der Waals surface area (Å²) in [6, 6.07) is 4.28. The maximum absolute atomic E-state index is 5.50. The first-order chi connectivity index (χ1) is 10.8. The van der Waals surface area contributed by atoms with Crippen LogP contribution < -0.4 is 4.90 Å². The zero-order valence-electron chi connectivity index (χ0n) is 12.9. The first-order valence-electron chi connectivity index (χ1n) is 8.06. The van der Waals surface area contributed by atoms with Crippen LogP contribution in [0.2, 0.25) is 0 Å². The van der Waals surface area contributed by atoms with Crippen molar-refractivity contribution in [2.75, 3.05) is 31.6 Å². The van der Waals surface area contributed by atoms with E-state index in [9.17, 15) is 0 Å². The van der Waals surface area contributed by atoms with E-state index in [1.165, 1.54) is 19.3 Å². The molecule has 2 saturated heterocycles. The van der Waals surface area contributed by atoms with Crippen LogP contribution in [0.5, 0.6) is 0 Å². The summed E-state index contributed by atoms with van der Waals surface area (Å²) >= 11 is 0. The SMILES string of the molecule is CN1CCC[C@H]1c1nc(-c2ccnc(N3CCCC3)c2)no1. The van der Waals surface area contributed by atoms with Gasteiger partial charge in [0.2, 0.25) is 11.7 Å². The van der Waals surface area contributed by atoms with Crippen LogP contribution in [0.3, 0.4) is 0 Å². The van der Waals surface area contributed by atoms with Crippen LogP contribution in [0, 0.1) is 0 Å². The van der Waals surface area contributed by atoms with Crippen molar-refractivity contribution >= 4 is 5.82 Å². The maximum atomic E-state index is 5.50. The van der Waals surface area contributed by atoms with Crippen LogP contribution >= 0.6 is 0 Å². The van der Waals surface area contributed by atoms with Gasteiger partial charge in [-0.15, -0.1) is 0 Å². The minimum absolute atomic E-state index is 0.265. The van der Waals surface area contributed by atoms with Gasteiger partial charge < -0.3 is 9.42 Å². The van der Waals surface area contributed by atoms with Crippen molar-refractivity contribution in [2.45, 2.75) is 31.7 Å². The van der Waals surface area contributed by atoms with E-state index in [1.54, 1.807) is 0 Å². The molecule has 0 saturated carbocycles. The van der Waals surface area contributed by atoms with Crippen molar-refractivity contribution in [1.29, 1.82) is 0 Å². The second-order valence-electron chi connectivity index (χ2n) is 6.19. The smallest absolute Gasteiger partial charge is 0.244 e. The lowest BCUT2D eigenvalue weighted by atomic mass is 10.2. The molecule has 6 nitrogen and oxygen atoms in total. The highest BCUT2D eigenvalue weighted by Crippen LogP contribution is 2.31. The van der Waals surface area contributed by atoms with Gasteiger partial charge in [0.1, 0.15) is 5.82 Å². The average Bonchev–Trinajstić information content (AvgIpc) is 3.28. The van der Waals surface area contributed by atoms with Gasteiger partial charge in [-0.05, 0) is 51.4 Å². The normalized spacial score (nSPS) is 22.6. The molecule has 2 fully saturated rings. The number of pyridine rings is 1. The molecule has 2 aromatic rings. The summed E-state index contributed by atoms with van der Waals surface area (Å²) in [5.41, 5.74) is 0.979. The van der Waals surface area contributed by atoms with E-state index < -0.39 is 0 Å². The van der Waals surface area contributed by atoms with Gasteiger partial charge in [0, 0.05) is 24.8 Å². The minimum atomic E-state index is 0.265. The molecule has 0 unspecified atom stereocenters. The number of hydrogen-bond acceptors (Lipinski definition) is 6. The molecular formula is C16H21N5O. The van der Waals surface area contributed by atoms with E-state index in [1.807, 2.05) is 12.3 Å². The molecule has 2 aromatic heterocycles. The first-order valence-corrected chi connectivity index (χ1v) is 8.06. The van der Waals surface area contributed by atoms with Gasteiger partial charge in [-0.25, -0.2) is 4.98 Å². The third-order valence-electron chi connectivity index (χ3n) is 4.68. The molecule has 1 atom stereocenters. The van der Waals surface area contributed by atoms with E-state index in [-0.39, 0.29) is 6.04 Å². The minimum Gasteiger partial charge on any atom is -0.357 e. The zero-order valence-corrected chi connectivity index (χ0v) is 12.9. The molecule has 4 heterocycles. The van der Waals surface area contributed by atoms with Crippen molar-refractivity contribution in [2.24, 2.45) is 0 Å². The molecule has 22 heavy (non-hydrogen) atoms. The van der Waals surface area contributed by atoms with Gasteiger partial charge in [-0.2, -0.15) is 4.98 Å². The Balaban J connectivity index is 1.59. The molecule has 0 aliphatic carbocycles. The molecular weight excluding hydrogens is 278 g/mol. The summed E-state index contributed by atoms with van der Waals surface area (Å²) in [7, 11) is 2.11. The van der Waals surface area contributed by atoms with Crippen LogP contribution in [0.1, 0.15) is 37.6 Å². The summed E-state index contributed by atoms with van der Waals surface area (Å²) < 4.78 is 5.50. The Bertz CT molecular complexity index is 649. The van der Waals surface area contributed by atoms with Crippen molar-refractivity contribution in [3.05, 3.63) is 24.2 Å². The molecule has 0 N–H and O–H groups in total. The molecule has 0 radical (unpaired) electrons. The summed E-state index contributed by atoms with van der Waals surface area (Å²) in [5, 5.41) is 4.17. The van der Waals surface area contributed by atoms with Crippen molar-refractivity contribution in [3.63, 3.8) is 0 Å². The van der Waals surface area contributed by atoms with E-state index in [0.717, 1.165) is 43.3 Å². The zero-order chi connectivity index (χ0) is 14.9. The van der Waals surface area contributed by atoms with Crippen LogP contribution in [-0.2, 0) is 0 Å². The Morgan fingerprint density at radius 2 is 2.05 bits per heavy atom. The standard InChI is InChI=1S/C16H21N5O/c1-20-8-4-5-13(20)16-18-15(19-22-16)12-6-7-17-14(11-12)21-9-2-3-10-21/h6-7,11,13H,2-5,8-10H2,1H3/t13-/m0/s1.